The quantitative estimate of drug-likeness (QED) is 0.758. The summed E-state index contributed by atoms with van der Waals surface area (Å²) in [6.07, 6.45) is 0. The van der Waals surface area contributed by atoms with Crippen molar-refractivity contribution in [3.05, 3.63) is 70.7 Å². The Morgan fingerprint density at radius 2 is 1.83 bits per heavy atom. The molecule has 0 spiro atoms. The Morgan fingerprint density at radius 1 is 1.08 bits per heavy atom. The first-order chi connectivity index (χ1) is 11.4. The minimum absolute atomic E-state index is 0.0602. The molecule has 24 heavy (non-hydrogen) atoms. The summed E-state index contributed by atoms with van der Waals surface area (Å²) in [6, 6.07) is 6.86. The zero-order chi connectivity index (χ0) is 17.4. The van der Waals surface area contributed by atoms with Crippen molar-refractivity contribution in [2.45, 2.75) is 19.9 Å². The molecule has 0 saturated heterocycles. The van der Waals surface area contributed by atoms with Crippen molar-refractivity contribution in [1.29, 1.82) is 0 Å². The van der Waals surface area contributed by atoms with Crippen LogP contribution in [0.3, 0.4) is 0 Å². The van der Waals surface area contributed by atoms with Crippen LogP contribution in [-0.2, 0) is 0 Å². The Labute approximate surface area is 136 Å². The molecule has 6 heteroatoms. The summed E-state index contributed by atoms with van der Waals surface area (Å²) in [5, 5.41) is 3.17. The lowest BCUT2D eigenvalue weighted by Crippen LogP contribution is -2.26. The van der Waals surface area contributed by atoms with Gasteiger partial charge in [-0.05, 0) is 49.7 Å². The van der Waals surface area contributed by atoms with Crippen LogP contribution < -0.4 is 5.32 Å². The van der Waals surface area contributed by atoms with Crippen molar-refractivity contribution in [3.63, 3.8) is 0 Å². The molecule has 3 aromatic rings. The molecule has 1 aromatic heterocycles. The third-order valence-corrected chi connectivity index (χ3v) is 3.90. The van der Waals surface area contributed by atoms with Gasteiger partial charge in [0.15, 0.2) is 17.4 Å². The molecular formula is C18H14F3NO2. The number of furan rings is 1. The van der Waals surface area contributed by atoms with Gasteiger partial charge in [-0.1, -0.05) is 6.07 Å². The second-order valence-corrected chi connectivity index (χ2v) is 5.57. The highest BCUT2D eigenvalue weighted by Crippen LogP contribution is 2.26. The number of benzene rings is 2. The van der Waals surface area contributed by atoms with Gasteiger partial charge in [0.2, 0.25) is 0 Å². The predicted octanol–water partition coefficient (Wildman–Crippen LogP) is 4.65. The summed E-state index contributed by atoms with van der Waals surface area (Å²) < 4.78 is 45.1. The van der Waals surface area contributed by atoms with Gasteiger partial charge in [-0.25, -0.2) is 13.2 Å². The molecule has 124 valence electrons. The highest BCUT2D eigenvalue weighted by molar-refractivity contribution is 5.99. The second kappa shape index (κ2) is 6.03. The van der Waals surface area contributed by atoms with E-state index >= 15 is 0 Å². The van der Waals surface area contributed by atoms with Gasteiger partial charge in [0, 0.05) is 10.9 Å². The van der Waals surface area contributed by atoms with Crippen LogP contribution in [0.15, 0.2) is 40.8 Å². The largest absolute Gasteiger partial charge is 0.451 e. The van der Waals surface area contributed by atoms with E-state index in [-0.39, 0.29) is 5.76 Å². The van der Waals surface area contributed by atoms with Crippen LogP contribution >= 0.6 is 0 Å². The van der Waals surface area contributed by atoms with Crippen molar-refractivity contribution in [3.8, 4) is 0 Å². The van der Waals surface area contributed by atoms with Crippen LogP contribution in [0.25, 0.3) is 11.0 Å². The lowest BCUT2D eigenvalue weighted by atomic mass is 10.1. The van der Waals surface area contributed by atoms with Crippen LogP contribution in [-0.4, -0.2) is 5.91 Å². The average molecular weight is 333 g/mol. The maximum absolute atomic E-state index is 13.3. The van der Waals surface area contributed by atoms with Gasteiger partial charge in [0.05, 0.1) is 6.04 Å². The molecule has 0 unspecified atom stereocenters. The summed E-state index contributed by atoms with van der Waals surface area (Å²) in [5.74, 6) is -2.81. The molecule has 0 radical (unpaired) electrons. The van der Waals surface area contributed by atoms with Gasteiger partial charge in [0.1, 0.15) is 11.4 Å². The van der Waals surface area contributed by atoms with Gasteiger partial charge < -0.3 is 9.73 Å². The minimum Gasteiger partial charge on any atom is -0.451 e. The lowest BCUT2D eigenvalue weighted by Gasteiger charge is -2.14. The first kappa shape index (κ1) is 16.1. The smallest absolute Gasteiger partial charge is 0.287 e. The summed E-state index contributed by atoms with van der Waals surface area (Å²) in [4.78, 5) is 12.4. The van der Waals surface area contributed by atoms with Crippen LogP contribution in [0.5, 0.6) is 0 Å². The van der Waals surface area contributed by atoms with Crippen molar-refractivity contribution in [1.82, 2.24) is 5.32 Å². The Balaban J connectivity index is 1.86. The number of hydrogen-bond acceptors (Lipinski definition) is 2. The molecule has 0 fully saturated rings. The summed E-state index contributed by atoms with van der Waals surface area (Å²) in [5.41, 5.74) is 1.33. The molecule has 3 nitrogen and oxygen atoms in total. The van der Waals surface area contributed by atoms with E-state index in [4.69, 9.17) is 4.42 Å². The van der Waals surface area contributed by atoms with Crippen LogP contribution in [0, 0.1) is 24.4 Å². The van der Waals surface area contributed by atoms with Crippen molar-refractivity contribution in [2.75, 3.05) is 0 Å². The van der Waals surface area contributed by atoms with E-state index in [1.165, 1.54) is 24.3 Å². The number of rotatable bonds is 3. The highest BCUT2D eigenvalue weighted by atomic mass is 19.2. The summed E-state index contributed by atoms with van der Waals surface area (Å²) in [7, 11) is 0. The first-order valence-corrected chi connectivity index (χ1v) is 7.31. The van der Waals surface area contributed by atoms with E-state index in [1.54, 1.807) is 13.8 Å². The van der Waals surface area contributed by atoms with Crippen LogP contribution in [0.4, 0.5) is 13.2 Å². The van der Waals surface area contributed by atoms with E-state index in [2.05, 4.69) is 5.32 Å². The van der Waals surface area contributed by atoms with E-state index in [0.29, 0.717) is 22.1 Å². The van der Waals surface area contributed by atoms with Crippen molar-refractivity contribution in [2.24, 2.45) is 0 Å². The Kier molecular flexibility index (Phi) is 4.05. The van der Waals surface area contributed by atoms with Crippen LogP contribution in [0.1, 0.15) is 34.6 Å². The molecule has 1 atom stereocenters. The van der Waals surface area contributed by atoms with E-state index in [0.717, 1.165) is 12.1 Å². The number of aryl methyl sites for hydroxylation is 1. The van der Waals surface area contributed by atoms with E-state index in [9.17, 15) is 18.0 Å². The fourth-order valence-corrected chi connectivity index (χ4v) is 2.54. The molecule has 0 aliphatic rings. The monoisotopic (exact) mass is 333 g/mol. The zero-order valence-electron chi connectivity index (χ0n) is 13.0. The predicted molar refractivity (Wildman–Crippen MR) is 83.1 cm³/mol. The molecular weight excluding hydrogens is 319 g/mol. The van der Waals surface area contributed by atoms with Gasteiger partial charge in [-0.2, -0.15) is 0 Å². The lowest BCUT2D eigenvalue weighted by molar-refractivity contribution is 0.0913. The van der Waals surface area contributed by atoms with Gasteiger partial charge in [-0.3, -0.25) is 4.79 Å². The minimum atomic E-state index is -0.982. The van der Waals surface area contributed by atoms with Crippen molar-refractivity contribution >= 4 is 16.9 Å². The fraction of sp³-hybridized carbons (Fsp3) is 0.167. The maximum atomic E-state index is 13.3. The molecule has 3 rings (SSSR count). The molecule has 2 aromatic carbocycles. The summed E-state index contributed by atoms with van der Waals surface area (Å²) >= 11 is 0. The molecule has 0 aliphatic carbocycles. The number of nitrogens with one attached hydrogen (secondary N) is 1. The molecule has 0 aliphatic heterocycles. The van der Waals surface area contributed by atoms with Gasteiger partial charge in [0.25, 0.3) is 5.91 Å². The number of carbonyl (C=O) groups excluding carboxylic acids is 1. The standard InChI is InChI=1S/C18H14F3NO2/c1-9-13-8-12(19)4-6-16(13)24-17(9)18(23)22-10(2)11-3-5-14(20)15(21)7-11/h3-8,10H,1-2H3,(H,22,23)/t10-/m0/s1. The Bertz CT molecular complexity index is 933. The number of amides is 1. The normalized spacial score (nSPS) is 12.4. The first-order valence-electron chi connectivity index (χ1n) is 7.31. The van der Waals surface area contributed by atoms with Crippen molar-refractivity contribution < 1.29 is 22.4 Å². The fourth-order valence-electron chi connectivity index (χ4n) is 2.54. The number of carbonyl (C=O) groups is 1. The van der Waals surface area contributed by atoms with E-state index < -0.39 is 29.4 Å². The third kappa shape index (κ3) is 2.87. The molecule has 1 N–H and O–H groups in total. The second-order valence-electron chi connectivity index (χ2n) is 5.57. The Morgan fingerprint density at radius 3 is 2.54 bits per heavy atom. The third-order valence-electron chi connectivity index (χ3n) is 3.90. The molecule has 1 amide bonds. The van der Waals surface area contributed by atoms with Crippen LogP contribution in [0.2, 0.25) is 0 Å². The Hall–Kier alpha value is -2.76. The maximum Gasteiger partial charge on any atom is 0.287 e. The topological polar surface area (TPSA) is 42.2 Å². The summed E-state index contributed by atoms with van der Waals surface area (Å²) in [6.45, 7) is 3.30. The molecule has 0 bridgehead atoms. The molecule has 1 heterocycles. The number of hydrogen-bond donors (Lipinski definition) is 1. The number of fused-ring (bicyclic) bond motifs is 1. The van der Waals surface area contributed by atoms with Gasteiger partial charge in [-0.15, -0.1) is 0 Å². The zero-order valence-corrected chi connectivity index (χ0v) is 13.0. The van der Waals surface area contributed by atoms with E-state index in [1.807, 2.05) is 0 Å². The SMILES string of the molecule is Cc1c(C(=O)N[C@@H](C)c2ccc(F)c(F)c2)oc2ccc(F)cc12. The van der Waals surface area contributed by atoms with Gasteiger partial charge >= 0.3 is 0 Å². The number of halogens is 3. The molecule has 0 saturated carbocycles. The average Bonchev–Trinajstić information content (AvgIpc) is 2.86. The highest BCUT2D eigenvalue weighted by Gasteiger charge is 2.20.